The van der Waals surface area contributed by atoms with E-state index in [1.165, 1.54) is 0 Å². The van der Waals surface area contributed by atoms with Gasteiger partial charge in [-0.25, -0.2) is 8.78 Å². The van der Waals surface area contributed by atoms with Gasteiger partial charge in [0.2, 0.25) is 5.91 Å². The highest BCUT2D eigenvalue weighted by Gasteiger charge is 2.40. The van der Waals surface area contributed by atoms with Gasteiger partial charge in [-0.2, -0.15) is 0 Å². The maximum atomic E-state index is 11.8. The molecule has 5 nitrogen and oxygen atoms in total. The largest absolute Gasteiger partial charge is 0.375 e. The Morgan fingerprint density at radius 3 is 2.47 bits per heavy atom. The molecule has 2 heterocycles. The summed E-state index contributed by atoms with van der Waals surface area (Å²) in [5.41, 5.74) is 0. The Morgan fingerprint density at radius 2 is 1.89 bits per heavy atom. The second-order valence-corrected chi connectivity index (χ2v) is 4.70. The summed E-state index contributed by atoms with van der Waals surface area (Å²) >= 11 is 0. The van der Waals surface area contributed by atoms with Crippen LogP contribution in [0.1, 0.15) is 19.3 Å². The summed E-state index contributed by atoms with van der Waals surface area (Å²) in [5.74, 6) is -0.565. The number of hydrogen-bond acceptors (Lipinski definition) is 4. The summed E-state index contributed by atoms with van der Waals surface area (Å²) < 4.78 is 39.5. The lowest BCUT2D eigenvalue weighted by Gasteiger charge is -2.37. The van der Waals surface area contributed by atoms with Crippen molar-refractivity contribution >= 4 is 5.91 Å². The van der Waals surface area contributed by atoms with Crippen LogP contribution < -0.4 is 0 Å². The molecule has 2 aliphatic heterocycles. The van der Waals surface area contributed by atoms with Crippen molar-refractivity contribution in [3.63, 3.8) is 0 Å². The number of rotatable bonds is 5. The molecule has 0 bridgehead atoms. The maximum Gasteiger partial charge on any atom is 0.261 e. The molecule has 0 N–H and O–H groups in total. The number of hydrogen-bond donors (Lipinski definition) is 0. The fourth-order valence-corrected chi connectivity index (χ4v) is 2.37. The van der Waals surface area contributed by atoms with Crippen molar-refractivity contribution in [3.8, 4) is 0 Å². The maximum absolute atomic E-state index is 11.8. The zero-order valence-electron chi connectivity index (χ0n) is 10.8. The fourth-order valence-electron chi connectivity index (χ4n) is 2.37. The molecule has 110 valence electrons. The minimum absolute atomic E-state index is 0.0395. The molecule has 19 heavy (non-hydrogen) atoms. The topological polar surface area (TPSA) is 48.0 Å². The first kappa shape index (κ1) is 14.6. The van der Waals surface area contributed by atoms with Gasteiger partial charge in [0.15, 0.2) is 5.79 Å². The third-order valence-corrected chi connectivity index (χ3v) is 3.40. The SMILES string of the molecule is O=C(CCOCC(F)F)N1CCC2(CC1)OCCO2. The van der Waals surface area contributed by atoms with Crippen LogP contribution in [0.15, 0.2) is 0 Å². The highest BCUT2D eigenvalue weighted by molar-refractivity contribution is 5.76. The van der Waals surface area contributed by atoms with Crippen molar-refractivity contribution in [2.24, 2.45) is 0 Å². The average Bonchev–Trinajstić information content (AvgIpc) is 2.83. The molecular weight excluding hydrogens is 260 g/mol. The van der Waals surface area contributed by atoms with Gasteiger partial charge in [-0.3, -0.25) is 4.79 Å². The molecule has 0 unspecified atom stereocenters. The lowest BCUT2D eigenvalue weighted by atomic mass is 10.0. The van der Waals surface area contributed by atoms with E-state index < -0.39 is 18.8 Å². The molecule has 0 radical (unpaired) electrons. The number of piperidine rings is 1. The van der Waals surface area contributed by atoms with Crippen LogP contribution in [0.4, 0.5) is 8.78 Å². The molecule has 2 aliphatic rings. The third-order valence-electron chi connectivity index (χ3n) is 3.40. The van der Waals surface area contributed by atoms with Crippen molar-refractivity contribution in [1.29, 1.82) is 0 Å². The summed E-state index contributed by atoms with van der Waals surface area (Å²) in [5, 5.41) is 0. The molecule has 1 spiro atoms. The van der Waals surface area contributed by atoms with E-state index in [0.717, 1.165) is 0 Å². The summed E-state index contributed by atoms with van der Waals surface area (Å²) in [4.78, 5) is 13.5. The monoisotopic (exact) mass is 279 g/mol. The molecule has 2 fully saturated rings. The van der Waals surface area contributed by atoms with Crippen LogP contribution in [0.25, 0.3) is 0 Å². The summed E-state index contributed by atoms with van der Waals surface area (Å²) in [6, 6.07) is 0. The van der Waals surface area contributed by atoms with Gasteiger partial charge in [0, 0.05) is 25.9 Å². The predicted molar refractivity (Wildman–Crippen MR) is 61.9 cm³/mol. The Balaban J connectivity index is 1.65. The summed E-state index contributed by atoms with van der Waals surface area (Å²) in [6.45, 7) is 1.79. The van der Waals surface area contributed by atoms with E-state index in [1.54, 1.807) is 4.90 Å². The quantitative estimate of drug-likeness (QED) is 0.705. The van der Waals surface area contributed by atoms with Gasteiger partial charge in [-0.05, 0) is 0 Å². The zero-order chi connectivity index (χ0) is 13.7. The summed E-state index contributed by atoms with van der Waals surface area (Å²) in [7, 11) is 0. The third kappa shape index (κ3) is 4.09. The Morgan fingerprint density at radius 1 is 1.26 bits per heavy atom. The number of ether oxygens (including phenoxy) is 3. The molecule has 0 aromatic heterocycles. The first-order chi connectivity index (χ1) is 9.11. The Bertz CT molecular complexity index is 298. The lowest BCUT2D eigenvalue weighted by Crippen LogP contribution is -2.47. The molecule has 0 atom stereocenters. The number of carbonyl (C=O) groups excluding carboxylic acids is 1. The molecule has 0 saturated carbocycles. The van der Waals surface area contributed by atoms with Gasteiger partial charge >= 0.3 is 0 Å². The van der Waals surface area contributed by atoms with Crippen molar-refractivity contribution in [2.75, 3.05) is 39.5 Å². The predicted octanol–water partition coefficient (Wildman–Crippen LogP) is 1.02. The van der Waals surface area contributed by atoms with E-state index in [-0.39, 0.29) is 18.9 Å². The van der Waals surface area contributed by atoms with E-state index in [0.29, 0.717) is 39.1 Å². The Kier molecular flexibility index (Phi) is 5.06. The van der Waals surface area contributed by atoms with Crippen molar-refractivity contribution in [3.05, 3.63) is 0 Å². The highest BCUT2D eigenvalue weighted by Crippen LogP contribution is 2.31. The number of carbonyl (C=O) groups is 1. The number of halogens is 2. The van der Waals surface area contributed by atoms with Gasteiger partial charge < -0.3 is 19.1 Å². The second-order valence-electron chi connectivity index (χ2n) is 4.70. The standard InChI is InChI=1S/C12H19F2NO4/c13-10(14)9-17-6-1-11(16)15-4-2-12(3-5-15)18-7-8-19-12/h10H,1-9H2. The van der Waals surface area contributed by atoms with Crippen LogP contribution >= 0.6 is 0 Å². The van der Waals surface area contributed by atoms with Crippen molar-refractivity contribution in [1.82, 2.24) is 4.90 Å². The van der Waals surface area contributed by atoms with Gasteiger partial charge in [0.1, 0.15) is 6.61 Å². The van der Waals surface area contributed by atoms with E-state index in [4.69, 9.17) is 14.2 Å². The second kappa shape index (κ2) is 6.58. The molecular formula is C12H19F2NO4. The van der Waals surface area contributed by atoms with Gasteiger partial charge in [-0.15, -0.1) is 0 Å². The number of alkyl halides is 2. The van der Waals surface area contributed by atoms with E-state index >= 15 is 0 Å². The first-order valence-electron chi connectivity index (χ1n) is 6.53. The Labute approximate surface area is 110 Å². The smallest absolute Gasteiger partial charge is 0.261 e. The van der Waals surface area contributed by atoms with Crippen LogP contribution in [0.3, 0.4) is 0 Å². The normalized spacial score (nSPS) is 22.4. The molecule has 2 saturated heterocycles. The first-order valence-corrected chi connectivity index (χ1v) is 6.53. The summed E-state index contributed by atoms with van der Waals surface area (Å²) in [6.07, 6.45) is -1.02. The van der Waals surface area contributed by atoms with Crippen LogP contribution in [-0.2, 0) is 19.0 Å². The van der Waals surface area contributed by atoms with E-state index in [1.807, 2.05) is 0 Å². The van der Waals surface area contributed by atoms with Gasteiger partial charge in [0.25, 0.3) is 6.43 Å². The number of amides is 1. The van der Waals surface area contributed by atoms with Gasteiger partial charge in [0.05, 0.1) is 26.2 Å². The van der Waals surface area contributed by atoms with Crippen LogP contribution in [0.5, 0.6) is 0 Å². The van der Waals surface area contributed by atoms with E-state index in [2.05, 4.69) is 0 Å². The average molecular weight is 279 g/mol. The Hall–Kier alpha value is -0.790. The van der Waals surface area contributed by atoms with E-state index in [9.17, 15) is 13.6 Å². The number of likely N-dealkylation sites (tertiary alicyclic amines) is 1. The fraction of sp³-hybridized carbons (Fsp3) is 0.917. The molecule has 7 heteroatoms. The minimum Gasteiger partial charge on any atom is -0.375 e. The van der Waals surface area contributed by atoms with Crippen molar-refractivity contribution in [2.45, 2.75) is 31.5 Å². The molecule has 0 aliphatic carbocycles. The van der Waals surface area contributed by atoms with Gasteiger partial charge in [-0.1, -0.05) is 0 Å². The molecule has 1 amide bonds. The minimum atomic E-state index is -2.48. The highest BCUT2D eigenvalue weighted by atomic mass is 19.3. The molecule has 0 aromatic carbocycles. The molecule has 2 rings (SSSR count). The molecule has 0 aromatic rings. The van der Waals surface area contributed by atoms with Crippen molar-refractivity contribution < 1.29 is 27.8 Å². The number of nitrogens with zero attached hydrogens (tertiary/aromatic N) is 1. The van der Waals surface area contributed by atoms with Crippen LogP contribution in [0, 0.1) is 0 Å². The zero-order valence-corrected chi connectivity index (χ0v) is 10.8. The lowest BCUT2D eigenvalue weighted by molar-refractivity contribution is -0.187. The van der Waals surface area contributed by atoms with Crippen LogP contribution in [-0.4, -0.2) is 62.5 Å². The van der Waals surface area contributed by atoms with Crippen LogP contribution in [0.2, 0.25) is 0 Å².